The van der Waals surface area contributed by atoms with E-state index in [1.54, 1.807) is 12.4 Å². The summed E-state index contributed by atoms with van der Waals surface area (Å²) in [6, 6.07) is 0. The summed E-state index contributed by atoms with van der Waals surface area (Å²) in [5.41, 5.74) is 0. The molecule has 2 aromatic rings. The summed E-state index contributed by atoms with van der Waals surface area (Å²) < 4.78 is 2.34. The number of carbonyl (C=O) groups is 1. The fourth-order valence-corrected chi connectivity index (χ4v) is 1.85. The third-order valence-electron chi connectivity index (χ3n) is 1.45. The van der Waals surface area contributed by atoms with E-state index in [9.17, 15) is 4.79 Å². The molecule has 0 aromatic carbocycles. The van der Waals surface area contributed by atoms with Crippen LogP contribution >= 0.6 is 27.3 Å². The molecule has 2 rings (SSSR count). The lowest BCUT2D eigenvalue weighted by Gasteiger charge is -1.90. The van der Waals surface area contributed by atoms with Crippen molar-refractivity contribution in [2.45, 2.75) is 0 Å². The zero-order chi connectivity index (χ0) is 10.1. The molecular formula is C7H4BrN3O2S. The number of rotatable bonds is 2. The van der Waals surface area contributed by atoms with Gasteiger partial charge in [-0.05, 0) is 15.9 Å². The van der Waals surface area contributed by atoms with Crippen LogP contribution in [0.1, 0.15) is 9.67 Å². The number of halogens is 1. The number of hydrogen-bond donors (Lipinski definition) is 1. The molecule has 2 heterocycles. The highest BCUT2D eigenvalue weighted by Crippen LogP contribution is 2.18. The van der Waals surface area contributed by atoms with E-state index in [0.29, 0.717) is 5.13 Å². The van der Waals surface area contributed by atoms with Crippen molar-refractivity contribution in [1.29, 1.82) is 0 Å². The van der Waals surface area contributed by atoms with Gasteiger partial charge in [0.15, 0.2) is 0 Å². The van der Waals surface area contributed by atoms with Gasteiger partial charge >= 0.3 is 5.97 Å². The molecule has 0 bridgehead atoms. The topological polar surface area (TPSA) is 68.0 Å². The molecule has 2 aromatic heterocycles. The van der Waals surface area contributed by atoms with E-state index in [1.165, 1.54) is 10.9 Å². The number of thiazole rings is 1. The third-order valence-corrected chi connectivity index (χ3v) is 2.84. The third kappa shape index (κ3) is 1.68. The van der Waals surface area contributed by atoms with Gasteiger partial charge in [-0.25, -0.2) is 14.5 Å². The maximum absolute atomic E-state index is 10.6. The molecule has 7 heteroatoms. The lowest BCUT2D eigenvalue weighted by molar-refractivity contribution is 0.0702. The first-order chi connectivity index (χ1) is 6.66. The van der Waals surface area contributed by atoms with Crippen LogP contribution in [0.2, 0.25) is 0 Å². The van der Waals surface area contributed by atoms with Crippen molar-refractivity contribution >= 4 is 33.2 Å². The molecule has 0 aliphatic heterocycles. The Morgan fingerprint density at radius 2 is 2.36 bits per heavy atom. The summed E-state index contributed by atoms with van der Waals surface area (Å²) >= 11 is 4.32. The number of carboxylic acid groups (broad SMARTS) is 1. The van der Waals surface area contributed by atoms with Crippen molar-refractivity contribution in [1.82, 2.24) is 14.8 Å². The predicted molar refractivity (Wildman–Crippen MR) is 53.9 cm³/mol. The minimum atomic E-state index is -0.972. The average Bonchev–Trinajstić information content (AvgIpc) is 2.70. The van der Waals surface area contributed by atoms with Crippen molar-refractivity contribution in [3.8, 4) is 5.13 Å². The van der Waals surface area contributed by atoms with Crippen LogP contribution in [0.4, 0.5) is 0 Å². The minimum absolute atomic E-state index is 0.201. The second-order valence-corrected chi connectivity index (χ2v) is 4.34. The molecule has 0 fully saturated rings. The van der Waals surface area contributed by atoms with Crippen LogP contribution in [-0.4, -0.2) is 25.8 Å². The highest BCUT2D eigenvalue weighted by atomic mass is 79.9. The molecular weight excluding hydrogens is 270 g/mol. The quantitative estimate of drug-likeness (QED) is 0.906. The van der Waals surface area contributed by atoms with Crippen LogP contribution in [0.25, 0.3) is 5.13 Å². The number of aromatic carboxylic acids is 1. The van der Waals surface area contributed by atoms with Crippen LogP contribution in [0.15, 0.2) is 23.1 Å². The normalized spacial score (nSPS) is 10.4. The van der Waals surface area contributed by atoms with Gasteiger partial charge in [0, 0.05) is 6.20 Å². The summed E-state index contributed by atoms with van der Waals surface area (Å²) in [7, 11) is 0. The molecule has 0 spiro atoms. The van der Waals surface area contributed by atoms with Crippen LogP contribution in [0.5, 0.6) is 0 Å². The summed E-state index contributed by atoms with van der Waals surface area (Å²) in [6.45, 7) is 0. The molecule has 14 heavy (non-hydrogen) atoms. The van der Waals surface area contributed by atoms with E-state index in [2.05, 4.69) is 26.0 Å². The van der Waals surface area contributed by atoms with Crippen molar-refractivity contribution in [2.24, 2.45) is 0 Å². The van der Waals surface area contributed by atoms with Crippen LogP contribution in [0, 0.1) is 0 Å². The van der Waals surface area contributed by atoms with Crippen LogP contribution in [-0.2, 0) is 0 Å². The molecule has 0 saturated carbocycles. The van der Waals surface area contributed by atoms with E-state index < -0.39 is 5.97 Å². The van der Waals surface area contributed by atoms with Crippen LogP contribution in [0.3, 0.4) is 0 Å². The van der Waals surface area contributed by atoms with Gasteiger partial charge in [0.1, 0.15) is 4.88 Å². The zero-order valence-electron chi connectivity index (χ0n) is 6.72. The summed E-state index contributed by atoms with van der Waals surface area (Å²) in [4.78, 5) is 14.7. The number of nitrogens with zero attached hydrogens (tertiary/aromatic N) is 3. The highest BCUT2D eigenvalue weighted by Gasteiger charge is 2.10. The highest BCUT2D eigenvalue weighted by molar-refractivity contribution is 9.10. The van der Waals surface area contributed by atoms with Gasteiger partial charge in [-0.2, -0.15) is 5.10 Å². The Labute approximate surface area is 91.1 Å². The van der Waals surface area contributed by atoms with E-state index >= 15 is 0 Å². The Morgan fingerprint density at radius 1 is 1.57 bits per heavy atom. The second kappa shape index (κ2) is 3.50. The average molecular weight is 274 g/mol. The Bertz CT molecular complexity index is 479. The first kappa shape index (κ1) is 9.35. The van der Waals surface area contributed by atoms with Gasteiger partial charge in [-0.1, -0.05) is 11.3 Å². The monoisotopic (exact) mass is 273 g/mol. The lowest BCUT2D eigenvalue weighted by atomic mass is 10.6. The SMILES string of the molecule is O=C(O)c1cnc(-n2cc(Br)cn2)s1. The van der Waals surface area contributed by atoms with Crippen LogP contribution < -0.4 is 0 Å². The van der Waals surface area contributed by atoms with Crippen molar-refractivity contribution < 1.29 is 9.90 Å². The maximum atomic E-state index is 10.6. The molecule has 0 amide bonds. The smallest absolute Gasteiger partial charge is 0.347 e. The lowest BCUT2D eigenvalue weighted by Crippen LogP contribution is -1.91. The first-order valence-corrected chi connectivity index (χ1v) is 5.17. The molecule has 0 saturated heterocycles. The molecule has 72 valence electrons. The minimum Gasteiger partial charge on any atom is -0.477 e. The van der Waals surface area contributed by atoms with Gasteiger partial charge in [0.2, 0.25) is 5.13 Å². The molecule has 1 N–H and O–H groups in total. The predicted octanol–water partition coefficient (Wildman–Crippen LogP) is 1.79. The fraction of sp³-hybridized carbons (Fsp3) is 0. The second-order valence-electron chi connectivity index (χ2n) is 2.42. The molecule has 0 unspecified atom stereocenters. The van der Waals surface area contributed by atoms with Gasteiger partial charge in [-0.15, -0.1) is 0 Å². The maximum Gasteiger partial charge on any atom is 0.347 e. The van der Waals surface area contributed by atoms with E-state index in [1.807, 2.05) is 0 Å². The largest absolute Gasteiger partial charge is 0.477 e. The van der Waals surface area contributed by atoms with Crippen molar-refractivity contribution in [3.63, 3.8) is 0 Å². The molecule has 0 aliphatic rings. The Morgan fingerprint density at radius 3 is 2.86 bits per heavy atom. The van der Waals surface area contributed by atoms with E-state index in [-0.39, 0.29) is 4.88 Å². The van der Waals surface area contributed by atoms with Crippen molar-refractivity contribution in [2.75, 3.05) is 0 Å². The Hall–Kier alpha value is -1.21. The number of aromatic nitrogens is 3. The summed E-state index contributed by atoms with van der Waals surface area (Å²) in [6.07, 6.45) is 4.64. The number of hydrogen-bond acceptors (Lipinski definition) is 4. The Kier molecular flexibility index (Phi) is 2.34. The van der Waals surface area contributed by atoms with E-state index in [0.717, 1.165) is 15.8 Å². The molecule has 5 nitrogen and oxygen atoms in total. The van der Waals surface area contributed by atoms with Gasteiger partial charge in [0.05, 0.1) is 16.9 Å². The molecule has 0 aliphatic carbocycles. The Balaban J connectivity index is 2.38. The van der Waals surface area contributed by atoms with E-state index in [4.69, 9.17) is 5.11 Å². The van der Waals surface area contributed by atoms with Gasteiger partial charge in [-0.3, -0.25) is 0 Å². The standard InChI is InChI=1S/C7H4BrN3O2S/c8-4-1-10-11(3-4)7-9-2-5(14-7)6(12)13/h1-3H,(H,12,13). The fourth-order valence-electron chi connectivity index (χ4n) is 0.875. The molecule has 0 radical (unpaired) electrons. The number of carboxylic acids is 1. The van der Waals surface area contributed by atoms with Gasteiger partial charge in [0.25, 0.3) is 0 Å². The van der Waals surface area contributed by atoms with Crippen molar-refractivity contribution in [3.05, 3.63) is 27.9 Å². The summed E-state index contributed by atoms with van der Waals surface area (Å²) in [5, 5.41) is 13.2. The summed E-state index contributed by atoms with van der Waals surface area (Å²) in [5.74, 6) is -0.972. The zero-order valence-corrected chi connectivity index (χ0v) is 9.12. The molecule has 0 atom stereocenters. The van der Waals surface area contributed by atoms with Gasteiger partial charge < -0.3 is 5.11 Å². The first-order valence-electron chi connectivity index (χ1n) is 3.56.